The van der Waals surface area contributed by atoms with E-state index in [9.17, 15) is 0 Å². The van der Waals surface area contributed by atoms with Gasteiger partial charge in [-0.15, -0.1) is 0 Å². The molecule has 3 heteroatoms. The molecule has 0 aliphatic heterocycles. The highest BCUT2D eigenvalue weighted by atomic mass is 16.5. The molecule has 0 saturated carbocycles. The number of hydrogen-bond donors (Lipinski definition) is 1. The predicted molar refractivity (Wildman–Crippen MR) is 74.4 cm³/mol. The van der Waals surface area contributed by atoms with Crippen molar-refractivity contribution in [3.8, 4) is 5.75 Å². The minimum absolute atomic E-state index is 0.235. The fraction of sp³-hybridized carbons (Fsp3) is 0.467. The van der Waals surface area contributed by atoms with Crippen LogP contribution in [0.4, 0.5) is 0 Å². The quantitative estimate of drug-likeness (QED) is 0.901. The lowest BCUT2D eigenvalue weighted by molar-refractivity contribution is 0.288. The molecule has 98 valence electrons. The van der Waals surface area contributed by atoms with Gasteiger partial charge in [-0.1, -0.05) is 0 Å². The number of fused-ring (bicyclic) bond motifs is 1. The SMILES string of the molecule is COc1cc(C)cc2c(CCCO)c(C)n(C)c12. The van der Waals surface area contributed by atoms with E-state index in [1.807, 2.05) is 0 Å². The summed E-state index contributed by atoms with van der Waals surface area (Å²) in [5.41, 5.74) is 4.93. The van der Waals surface area contributed by atoms with Crippen molar-refractivity contribution in [1.82, 2.24) is 4.57 Å². The Morgan fingerprint density at radius 3 is 2.61 bits per heavy atom. The number of benzene rings is 1. The first-order valence-electron chi connectivity index (χ1n) is 6.33. The highest BCUT2D eigenvalue weighted by Gasteiger charge is 2.15. The molecule has 0 bridgehead atoms. The van der Waals surface area contributed by atoms with Gasteiger partial charge >= 0.3 is 0 Å². The van der Waals surface area contributed by atoms with Crippen LogP contribution in [0.5, 0.6) is 5.75 Å². The van der Waals surface area contributed by atoms with Crippen LogP contribution < -0.4 is 4.74 Å². The molecule has 0 spiro atoms. The summed E-state index contributed by atoms with van der Waals surface area (Å²) < 4.78 is 7.67. The van der Waals surface area contributed by atoms with Gasteiger partial charge in [-0.2, -0.15) is 0 Å². The third-order valence-corrected chi connectivity index (χ3v) is 3.62. The van der Waals surface area contributed by atoms with Crippen molar-refractivity contribution in [3.63, 3.8) is 0 Å². The fourth-order valence-corrected chi connectivity index (χ4v) is 2.61. The average Bonchev–Trinajstić information content (AvgIpc) is 2.59. The van der Waals surface area contributed by atoms with Gasteiger partial charge in [0.2, 0.25) is 0 Å². The van der Waals surface area contributed by atoms with Crippen LogP contribution in [0.2, 0.25) is 0 Å². The zero-order valence-corrected chi connectivity index (χ0v) is 11.6. The van der Waals surface area contributed by atoms with Crippen molar-refractivity contribution in [1.29, 1.82) is 0 Å². The molecule has 0 fully saturated rings. The van der Waals surface area contributed by atoms with Crippen LogP contribution >= 0.6 is 0 Å². The minimum atomic E-state index is 0.235. The van der Waals surface area contributed by atoms with Crippen molar-refractivity contribution >= 4 is 10.9 Å². The molecule has 1 heterocycles. The number of aryl methyl sites for hydroxylation is 3. The molecule has 0 saturated heterocycles. The lowest BCUT2D eigenvalue weighted by atomic mass is 10.0. The highest BCUT2D eigenvalue weighted by Crippen LogP contribution is 2.33. The molecule has 0 unspecified atom stereocenters. The Labute approximate surface area is 108 Å². The van der Waals surface area contributed by atoms with Crippen LogP contribution in [0.1, 0.15) is 23.2 Å². The van der Waals surface area contributed by atoms with Crippen LogP contribution in [0.25, 0.3) is 10.9 Å². The van der Waals surface area contributed by atoms with Crippen molar-refractivity contribution in [3.05, 3.63) is 29.0 Å². The van der Waals surface area contributed by atoms with E-state index in [0.29, 0.717) is 0 Å². The van der Waals surface area contributed by atoms with Crippen LogP contribution in [0, 0.1) is 13.8 Å². The Balaban J connectivity index is 2.71. The molecule has 2 rings (SSSR count). The van der Waals surface area contributed by atoms with E-state index >= 15 is 0 Å². The third-order valence-electron chi connectivity index (χ3n) is 3.62. The summed E-state index contributed by atoms with van der Waals surface area (Å²) in [6, 6.07) is 4.27. The molecule has 2 aromatic rings. The van der Waals surface area contributed by atoms with Crippen LogP contribution in [0.3, 0.4) is 0 Å². The van der Waals surface area contributed by atoms with E-state index in [4.69, 9.17) is 9.84 Å². The number of methoxy groups -OCH3 is 1. The molecule has 3 nitrogen and oxygen atoms in total. The molecule has 0 aliphatic carbocycles. The third kappa shape index (κ3) is 1.99. The summed E-state index contributed by atoms with van der Waals surface area (Å²) >= 11 is 0. The number of ether oxygens (including phenoxy) is 1. The number of aliphatic hydroxyl groups is 1. The first kappa shape index (κ1) is 13.0. The summed E-state index contributed by atoms with van der Waals surface area (Å²) in [5.74, 6) is 0.922. The van der Waals surface area contributed by atoms with Gasteiger partial charge in [0, 0.05) is 24.7 Å². The Kier molecular flexibility index (Phi) is 3.62. The first-order chi connectivity index (χ1) is 8.60. The van der Waals surface area contributed by atoms with E-state index in [-0.39, 0.29) is 6.61 Å². The molecule has 1 aromatic carbocycles. The van der Waals surface area contributed by atoms with E-state index in [2.05, 4.69) is 37.6 Å². The summed E-state index contributed by atoms with van der Waals surface area (Å²) in [6.45, 7) is 4.44. The van der Waals surface area contributed by atoms with Crippen LogP contribution in [-0.2, 0) is 13.5 Å². The normalized spacial score (nSPS) is 11.2. The number of hydrogen-bond acceptors (Lipinski definition) is 2. The van der Waals surface area contributed by atoms with E-state index in [1.54, 1.807) is 7.11 Å². The molecular weight excluding hydrogens is 226 g/mol. The molecule has 0 aliphatic rings. The van der Waals surface area contributed by atoms with E-state index < -0.39 is 0 Å². The van der Waals surface area contributed by atoms with Gasteiger partial charge in [-0.3, -0.25) is 0 Å². The number of rotatable bonds is 4. The van der Waals surface area contributed by atoms with E-state index in [1.165, 1.54) is 22.2 Å². The van der Waals surface area contributed by atoms with Gasteiger partial charge in [0.05, 0.1) is 12.6 Å². The second-order valence-electron chi connectivity index (χ2n) is 4.81. The molecule has 0 amide bonds. The smallest absolute Gasteiger partial charge is 0.143 e. The summed E-state index contributed by atoms with van der Waals surface area (Å²) in [4.78, 5) is 0. The maximum Gasteiger partial charge on any atom is 0.143 e. The van der Waals surface area contributed by atoms with Gasteiger partial charge in [-0.25, -0.2) is 0 Å². The lowest BCUT2D eigenvalue weighted by Crippen LogP contribution is -1.95. The standard InChI is InChI=1S/C15H21NO2/c1-10-8-13-12(6-5-7-17)11(2)16(3)15(13)14(9-10)18-4/h8-9,17H,5-7H2,1-4H3. The predicted octanol–water partition coefficient (Wildman–Crippen LogP) is 2.73. The lowest BCUT2D eigenvalue weighted by Gasteiger charge is -2.06. The second-order valence-corrected chi connectivity index (χ2v) is 4.81. The molecule has 1 aromatic heterocycles. The van der Waals surface area contributed by atoms with Crippen molar-refractivity contribution in [2.24, 2.45) is 7.05 Å². The number of aliphatic hydroxyl groups excluding tert-OH is 1. The van der Waals surface area contributed by atoms with Crippen molar-refractivity contribution < 1.29 is 9.84 Å². The molecule has 0 radical (unpaired) electrons. The molecule has 18 heavy (non-hydrogen) atoms. The zero-order chi connectivity index (χ0) is 13.3. The van der Waals surface area contributed by atoms with Crippen LogP contribution in [0.15, 0.2) is 12.1 Å². The molecule has 0 atom stereocenters. The monoisotopic (exact) mass is 247 g/mol. The summed E-state index contributed by atoms with van der Waals surface area (Å²) in [7, 11) is 3.78. The number of aromatic nitrogens is 1. The van der Waals surface area contributed by atoms with Gasteiger partial charge < -0.3 is 14.4 Å². The number of nitrogens with zero attached hydrogens (tertiary/aromatic N) is 1. The zero-order valence-electron chi connectivity index (χ0n) is 11.6. The van der Waals surface area contributed by atoms with Gasteiger partial charge in [0.25, 0.3) is 0 Å². The fourth-order valence-electron chi connectivity index (χ4n) is 2.61. The summed E-state index contributed by atoms with van der Waals surface area (Å²) in [6.07, 6.45) is 1.71. The van der Waals surface area contributed by atoms with Crippen molar-refractivity contribution in [2.75, 3.05) is 13.7 Å². The van der Waals surface area contributed by atoms with Gasteiger partial charge in [0.15, 0.2) is 0 Å². The maximum atomic E-state index is 9.02. The first-order valence-corrected chi connectivity index (χ1v) is 6.33. The van der Waals surface area contributed by atoms with Crippen LogP contribution in [-0.4, -0.2) is 23.4 Å². The Morgan fingerprint density at radius 2 is 2.00 bits per heavy atom. The maximum absolute atomic E-state index is 9.02. The molecule has 1 N–H and O–H groups in total. The van der Waals surface area contributed by atoms with Gasteiger partial charge in [0.1, 0.15) is 5.75 Å². The minimum Gasteiger partial charge on any atom is -0.495 e. The second kappa shape index (κ2) is 5.02. The Morgan fingerprint density at radius 1 is 1.28 bits per heavy atom. The summed E-state index contributed by atoms with van der Waals surface area (Å²) in [5, 5.41) is 10.3. The largest absolute Gasteiger partial charge is 0.495 e. The van der Waals surface area contributed by atoms with Gasteiger partial charge in [-0.05, 0) is 49.9 Å². The highest BCUT2D eigenvalue weighted by molar-refractivity contribution is 5.91. The van der Waals surface area contributed by atoms with E-state index in [0.717, 1.165) is 24.1 Å². The average molecular weight is 247 g/mol. The van der Waals surface area contributed by atoms with Crippen molar-refractivity contribution in [2.45, 2.75) is 26.7 Å². The topological polar surface area (TPSA) is 34.4 Å². The Hall–Kier alpha value is -1.48. The molecular formula is C15H21NO2. The Bertz CT molecular complexity index is 570.